The quantitative estimate of drug-likeness (QED) is 0.861. The predicted molar refractivity (Wildman–Crippen MR) is 93.1 cm³/mol. The third-order valence-corrected chi connectivity index (χ3v) is 4.41. The first-order valence-corrected chi connectivity index (χ1v) is 8.33. The van der Waals surface area contributed by atoms with Crippen LogP contribution in [0.5, 0.6) is 0 Å². The number of hydrogen-bond donors (Lipinski definition) is 1. The van der Waals surface area contributed by atoms with Gasteiger partial charge in [-0.1, -0.05) is 54.1 Å². The van der Waals surface area contributed by atoms with Gasteiger partial charge in [-0.05, 0) is 30.0 Å². The zero-order chi connectivity index (χ0) is 16.1. The third-order valence-electron chi connectivity index (χ3n) is 4.41. The van der Waals surface area contributed by atoms with Gasteiger partial charge in [0.25, 0.3) is 0 Å². The summed E-state index contributed by atoms with van der Waals surface area (Å²) in [7, 11) is 0. The van der Waals surface area contributed by atoms with Gasteiger partial charge in [0.15, 0.2) is 0 Å². The highest BCUT2D eigenvalue weighted by molar-refractivity contribution is 5.76. The van der Waals surface area contributed by atoms with E-state index in [0.717, 1.165) is 32.6 Å². The summed E-state index contributed by atoms with van der Waals surface area (Å²) in [5, 5.41) is 3.37. The molecule has 0 unspecified atom stereocenters. The summed E-state index contributed by atoms with van der Waals surface area (Å²) < 4.78 is 0. The van der Waals surface area contributed by atoms with Crippen LogP contribution in [-0.2, 0) is 24.3 Å². The molecular formula is C20H24N2O. The van der Waals surface area contributed by atoms with Gasteiger partial charge < -0.3 is 10.2 Å². The maximum Gasteiger partial charge on any atom is 0.224 e. The molecule has 23 heavy (non-hydrogen) atoms. The van der Waals surface area contributed by atoms with Gasteiger partial charge in [-0.15, -0.1) is 0 Å². The molecule has 0 aromatic heterocycles. The fraction of sp³-hybridized carbons (Fsp3) is 0.350. The average molecular weight is 308 g/mol. The number of amides is 1. The first kappa shape index (κ1) is 15.8. The Bertz CT molecular complexity index is 681. The molecule has 0 spiro atoms. The van der Waals surface area contributed by atoms with Crippen LogP contribution in [0, 0.1) is 6.92 Å². The summed E-state index contributed by atoms with van der Waals surface area (Å²) in [5.74, 6) is 0.247. The molecule has 0 bridgehead atoms. The molecule has 3 heteroatoms. The molecule has 3 rings (SSSR count). The van der Waals surface area contributed by atoms with Gasteiger partial charge in [0.2, 0.25) is 5.91 Å². The summed E-state index contributed by atoms with van der Waals surface area (Å²) in [4.78, 5) is 14.3. The van der Waals surface area contributed by atoms with Gasteiger partial charge in [0, 0.05) is 32.6 Å². The van der Waals surface area contributed by atoms with Crippen LogP contribution in [0.25, 0.3) is 0 Å². The van der Waals surface area contributed by atoms with Crippen LogP contribution >= 0.6 is 0 Å². The van der Waals surface area contributed by atoms with Crippen LogP contribution in [0.2, 0.25) is 0 Å². The fourth-order valence-corrected chi connectivity index (χ4v) is 3.12. The highest BCUT2D eigenvalue weighted by Gasteiger charge is 2.19. The maximum absolute atomic E-state index is 12.4. The van der Waals surface area contributed by atoms with E-state index in [-0.39, 0.29) is 5.91 Å². The molecule has 3 nitrogen and oxygen atoms in total. The molecule has 120 valence electrons. The van der Waals surface area contributed by atoms with Gasteiger partial charge in [0.05, 0.1) is 0 Å². The lowest BCUT2D eigenvalue weighted by Crippen LogP contribution is -2.37. The van der Waals surface area contributed by atoms with Crippen molar-refractivity contribution in [1.29, 1.82) is 0 Å². The van der Waals surface area contributed by atoms with Crippen molar-refractivity contribution in [1.82, 2.24) is 10.2 Å². The Hall–Kier alpha value is -2.13. The summed E-state index contributed by atoms with van der Waals surface area (Å²) in [6.07, 6.45) is 1.53. The number of carbonyl (C=O) groups excluding carboxylic acids is 1. The molecule has 2 aromatic rings. The topological polar surface area (TPSA) is 32.3 Å². The van der Waals surface area contributed by atoms with E-state index in [4.69, 9.17) is 0 Å². The van der Waals surface area contributed by atoms with E-state index < -0.39 is 0 Å². The van der Waals surface area contributed by atoms with Gasteiger partial charge in [0.1, 0.15) is 0 Å². The normalized spacial score (nSPS) is 13.7. The first-order chi connectivity index (χ1) is 11.2. The highest BCUT2D eigenvalue weighted by atomic mass is 16.2. The molecular weight excluding hydrogens is 284 g/mol. The number of fused-ring (bicyclic) bond motifs is 1. The largest absolute Gasteiger partial charge is 0.338 e. The molecule has 0 atom stereocenters. The lowest BCUT2D eigenvalue weighted by atomic mass is 10.00. The second-order valence-electron chi connectivity index (χ2n) is 6.25. The Kier molecular flexibility index (Phi) is 5.09. The first-order valence-electron chi connectivity index (χ1n) is 8.33. The molecule has 0 fully saturated rings. The molecule has 1 N–H and O–H groups in total. The van der Waals surface area contributed by atoms with Crippen LogP contribution in [0.3, 0.4) is 0 Å². The Morgan fingerprint density at radius 1 is 1.13 bits per heavy atom. The zero-order valence-electron chi connectivity index (χ0n) is 13.7. The van der Waals surface area contributed by atoms with Crippen molar-refractivity contribution in [2.75, 3.05) is 13.1 Å². The van der Waals surface area contributed by atoms with E-state index in [0.29, 0.717) is 6.42 Å². The number of carbonyl (C=O) groups is 1. The van der Waals surface area contributed by atoms with Crippen molar-refractivity contribution in [3.63, 3.8) is 0 Å². The van der Waals surface area contributed by atoms with Crippen LogP contribution in [0.4, 0.5) is 0 Å². The van der Waals surface area contributed by atoms with E-state index in [1.165, 1.54) is 22.3 Å². The van der Waals surface area contributed by atoms with Gasteiger partial charge in [-0.25, -0.2) is 0 Å². The lowest BCUT2D eigenvalue weighted by molar-refractivity contribution is -0.132. The lowest BCUT2D eigenvalue weighted by Gasteiger charge is -2.29. The van der Waals surface area contributed by atoms with Crippen molar-refractivity contribution in [3.05, 3.63) is 70.8 Å². The Balaban J connectivity index is 1.43. The second-order valence-corrected chi connectivity index (χ2v) is 6.25. The standard InChI is InChI=1S/C20H24N2O/c1-16-5-4-6-17(13-16)14-21-11-9-20(23)22-12-10-18-7-2-3-8-19(18)15-22/h2-8,13,21H,9-12,14-15H2,1H3. The third kappa shape index (κ3) is 4.20. The van der Waals surface area contributed by atoms with Crippen molar-refractivity contribution >= 4 is 5.91 Å². The van der Waals surface area contributed by atoms with E-state index in [1.807, 2.05) is 4.90 Å². The van der Waals surface area contributed by atoms with Crippen LogP contribution in [0.1, 0.15) is 28.7 Å². The Morgan fingerprint density at radius 3 is 2.78 bits per heavy atom. The molecule has 1 aliphatic heterocycles. The van der Waals surface area contributed by atoms with E-state index >= 15 is 0 Å². The summed E-state index contributed by atoms with van der Waals surface area (Å²) in [6, 6.07) is 16.9. The van der Waals surface area contributed by atoms with Crippen molar-refractivity contribution in [2.24, 2.45) is 0 Å². The zero-order valence-corrected chi connectivity index (χ0v) is 13.7. The fourth-order valence-electron chi connectivity index (χ4n) is 3.12. The minimum absolute atomic E-state index is 0.247. The number of hydrogen-bond acceptors (Lipinski definition) is 2. The highest BCUT2D eigenvalue weighted by Crippen LogP contribution is 2.18. The minimum Gasteiger partial charge on any atom is -0.338 e. The number of benzene rings is 2. The van der Waals surface area contributed by atoms with Crippen LogP contribution < -0.4 is 5.32 Å². The number of nitrogens with one attached hydrogen (secondary N) is 1. The smallest absolute Gasteiger partial charge is 0.224 e. The maximum atomic E-state index is 12.4. The monoisotopic (exact) mass is 308 g/mol. The number of rotatable bonds is 5. The molecule has 1 heterocycles. The SMILES string of the molecule is Cc1cccc(CNCCC(=O)N2CCc3ccccc3C2)c1. The van der Waals surface area contributed by atoms with Crippen molar-refractivity contribution in [3.8, 4) is 0 Å². The average Bonchev–Trinajstić information content (AvgIpc) is 2.58. The molecule has 0 aliphatic carbocycles. The van der Waals surface area contributed by atoms with E-state index in [9.17, 15) is 4.79 Å². The van der Waals surface area contributed by atoms with Crippen molar-refractivity contribution in [2.45, 2.75) is 32.9 Å². The summed E-state index contributed by atoms with van der Waals surface area (Å²) in [6.45, 7) is 5.24. The number of nitrogens with zero attached hydrogens (tertiary/aromatic N) is 1. The minimum atomic E-state index is 0.247. The van der Waals surface area contributed by atoms with Gasteiger partial charge in [-0.2, -0.15) is 0 Å². The molecule has 0 saturated carbocycles. The van der Waals surface area contributed by atoms with Crippen LogP contribution in [-0.4, -0.2) is 23.9 Å². The Labute approximate surface area is 138 Å². The summed E-state index contributed by atoms with van der Waals surface area (Å²) in [5.41, 5.74) is 5.21. The second kappa shape index (κ2) is 7.42. The van der Waals surface area contributed by atoms with Crippen molar-refractivity contribution < 1.29 is 4.79 Å². The van der Waals surface area contributed by atoms with Gasteiger partial charge >= 0.3 is 0 Å². The molecule has 0 radical (unpaired) electrons. The molecule has 2 aromatic carbocycles. The summed E-state index contributed by atoms with van der Waals surface area (Å²) >= 11 is 0. The van der Waals surface area contributed by atoms with E-state index in [1.54, 1.807) is 0 Å². The number of aryl methyl sites for hydroxylation is 1. The Morgan fingerprint density at radius 2 is 1.96 bits per heavy atom. The molecule has 1 aliphatic rings. The molecule has 0 saturated heterocycles. The van der Waals surface area contributed by atoms with Gasteiger partial charge in [-0.3, -0.25) is 4.79 Å². The van der Waals surface area contributed by atoms with E-state index in [2.05, 4.69) is 60.8 Å². The van der Waals surface area contributed by atoms with Crippen LogP contribution in [0.15, 0.2) is 48.5 Å². The predicted octanol–water partition coefficient (Wildman–Crippen LogP) is 3.06. The molecule has 1 amide bonds.